The number of thiazole rings is 1. The van der Waals surface area contributed by atoms with Crippen LogP contribution in [0.15, 0.2) is 42.5 Å². The molecule has 0 fully saturated rings. The van der Waals surface area contributed by atoms with Gasteiger partial charge in [-0.1, -0.05) is 35.9 Å². The molecule has 106 valence electrons. The van der Waals surface area contributed by atoms with E-state index in [9.17, 15) is 0 Å². The normalized spacial score (nSPS) is 11.4. The summed E-state index contributed by atoms with van der Waals surface area (Å²) >= 11 is 8.00. The van der Waals surface area contributed by atoms with Gasteiger partial charge in [-0.2, -0.15) is 0 Å². The number of halogens is 1. The van der Waals surface area contributed by atoms with Crippen molar-refractivity contribution in [3.8, 4) is 0 Å². The first kappa shape index (κ1) is 14.1. The molecule has 0 aliphatic heterocycles. The zero-order valence-electron chi connectivity index (χ0n) is 11.9. The molecule has 3 rings (SSSR count). The lowest BCUT2D eigenvalue weighted by atomic mass is 10.2. The topological polar surface area (TPSA) is 16.1 Å². The molecule has 1 heterocycles. The maximum absolute atomic E-state index is 6.32. The Morgan fingerprint density at radius 2 is 1.90 bits per heavy atom. The van der Waals surface area contributed by atoms with Gasteiger partial charge in [0, 0.05) is 24.8 Å². The Kier molecular flexibility index (Phi) is 3.95. The summed E-state index contributed by atoms with van der Waals surface area (Å²) in [7, 11) is 4.00. The Morgan fingerprint density at radius 1 is 1.10 bits per heavy atom. The average Bonchev–Trinajstić information content (AvgIpc) is 2.88. The van der Waals surface area contributed by atoms with Crippen molar-refractivity contribution in [2.75, 3.05) is 19.0 Å². The number of benzene rings is 2. The van der Waals surface area contributed by atoms with Crippen LogP contribution in [-0.4, -0.2) is 19.1 Å². The quantitative estimate of drug-likeness (QED) is 0.661. The van der Waals surface area contributed by atoms with Crippen molar-refractivity contribution in [2.24, 2.45) is 0 Å². The first-order valence-electron chi connectivity index (χ1n) is 6.64. The van der Waals surface area contributed by atoms with Gasteiger partial charge in [-0.25, -0.2) is 4.98 Å². The summed E-state index contributed by atoms with van der Waals surface area (Å²) in [6, 6.07) is 14.2. The van der Waals surface area contributed by atoms with E-state index in [-0.39, 0.29) is 0 Å². The molecular formula is C17H15ClN2S. The molecule has 0 atom stereocenters. The monoisotopic (exact) mass is 314 g/mol. The van der Waals surface area contributed by atoms with Gasteiger partial charge < -0.3 is 4.90 Å². The Morgan fingerprint density at radius 3 is 2.62 bits per heavy atom. The van der Waals surface area contributed by atoms with E-state index in [1.54, 1.807) is 11.3 Å². The fraction of sp³-hybridized carbons (Fsp3) is 0.118. The van der Waals surface area contributed by atoms with Crippen LogP contribution in [-0.2, 0) is 0 Å². The van der Waals surface area contributed by atoms with Crippen LogP contribution in [0.25, 0.3) is 22.4 Å². The molecular weight excluding hydrogens is 300 g/mol. The second kappa shape index (κ2) is 5.88. The maximum atomic E-state index is 6.32. The van der Waals surface area contributed by atoms with Crippen LogP contribution in [0.3, 0.4) is 0 Å². The highest BCUT2D eigenvalue weighted by Crippen LogP contribution is 2.26. The highest BCUT2D eigenvalue weighted by Gasteiger charge is 2.02. The number of anilines is 1. The summed E-state index contributed by atoms with van der Waals surface area (Å²) in [5.74, 6) is 0. The Hall–Kier alpha value is -1.84. The lowest BCUT2D eigenvalue weighted by Gasteiger charge is -2.13. The fourth-order valence-corrected chi connectivity index (χ4v) is 3.16. The standard InChI is InChI=1S/C17H15ClN2S/c1-20(2)13-9-7-12(14(18)11-13)8-10-17-19-15-5-3-4-6-16(15)21-17/h3-11H,1-2H3/b10-8-. The number of hydrogen-bond acceptors (Lipinski definition) is 3. The second-order valence-electron chi connectivity index (χ2n) is 4.95. The van der Waals surface area contributed by atoms with Crippen LogP contribution < -0.4 is 4.90 Å². The first-order valence-corrected chi connectivity index (χ1v) is 7.83. The lowest BCUT2D eigenvalue weighted by molar-refractivity contribution is 1.13. The van der Waals surface area contributed by atoms with Crippen LogP contribution in [0, 0.1) is 0 Å². The third kappa shape index (κ3) is 3.09. The summed E-state index contributed by atoms with van der Waals surface area (Å²) in [5, 5.41) is 1.74. The third-order valence-electron chi connectivity index (χ3n) is 3.22. The molecule has 0 aliphatic rings. The molecule has 0 saturated carbocycles. The van der Waals surface area contributed by atoms with Crippen molar-refractivity contribution >= 4 is 51.0 Å². The summed E-state index contributed by atoms with van der Waals surface area (Å²) in [6.07, 6.45) is 4.03. The zero-order valence-corrected chi connectivity index (χ0v) is 13.4. The van der Waals surface area contributed by atoms with Gasteiger partial charge in [0.2, 0.25) is 0 Å². The predicted octanol–water partition coefficient (Wildman–Crippen LogP) is 5.19. The van der Waals surface area contributed by atoms with Gasteiger partial charge in [0.1, 0.15) is 5.01 Å². The number of nitrogens with zero attached hydrogens (tertiary/aromatic N) is 2. The van der Waals surface area contributed by atoms with Gasteiger partial charge in [0.25, 0.3) is 0 Å². The van der Waals surface area contributed by atoms with Crippen molar-refractivity contribution < 1.29 is 0 Å². The van der Waals surface area contributed by atoms with Gasteiger partial charge in [0.15, 0.2) is 0 Å². The molecule has 2 nitrogen and oxygen atoms in total. The number of rotatable bonds is 3. The minimum absolute atomic E-state index is 0.749. The van der Waals surface area contributed by atoms with Gasteiger partial charge in [0.05, 0.1) is 10.2 Å². The average molecular weight is 315 g/mol. The molecule has 4 heteroatoms. The fourth-order valence-electron chi connectivity index (χ4n) is 2.05. The van der Waals surface area contributed by atoms with E-state index in [1.165, 1.54) is 4.70 Å². The van der Waals surface area contributed by atoms with Crippen molar-refractivity contribution in [3.05, 3.63) is 58.1 Å². The molecule has 0 N–H and O–H groups in total. The Bertz CT molecular complexity index is 772. The number of aromatic nitrogens is 1. The summed E-state index contributed by atoms with van der Waals surface area (Å²) in [6.45, 7) is 0. The van der Waals surface area contributed by atoms with E-state index in [0.29, 0.717) is 0 Å². The number of fused-ring (bicyclic) bond motifs is 1. The predicted molar refractivity (Wildman–Crippen MR) is 94.3 cm³/mol. The molecule has 1 aromatic heterocycles. The molecule has 3 aromatic rings. The molecule has 0 amide bonds. The molecule has 0 saturated heterocycles. The van der Waals surface area contributed by atoms with Crippen molar-refractivity contribution in [1.82, 2.24) is 4.98 Å². The molecule has 0 radical (unpaired) electrons. The molecule has 0 aliphatic carbocycles. The lowest BCUT2D eigenvalue weighted by Crippen LogP contribution is -2.08. The van der Waals surface area contributed by atoms with Crippen LogP contribution in [0.5, 0.6) is 0 Å². The number of hydrogen-bond donors (Lipinski definition) is 0. The SMILES string of the molecule is CN(C)c1ccc(/C=C\c2nc3ccccc3s2)c(Cl)c1. The third-order valence-corrected chi connectivity index (χ3v) is 4.55. The minimum Gasteiger partial charge on any atom is -0.378 e. The zero-order chi connectivity index (χ0) is 14.8. The van der Waals surface area contributed by atoms with Gasteiger partial charge >= 0.3 is 0 Å². The molecule has 21 heavy (non-hydrogen) atoms. The van der Waals surface area contributed by atoms with Crippen LogP contribution in [0.4, 0.5) is 5.69 Å². The summed E-state index contributed by atoms with van der Waals surface area (Å²) in [4.78, 5) is 6.62. The van der Waals surface area contributed by atoms with E-state index in [4.69, 9.17) is 11.6 Å². The molecule has 2 aromatic carbocycles. The molecule has 0 unspecified atom stereocenters. The van der Waals surface area contributed by atoms with Gasteiger partial charge in [-0.05, 0) is 35.9 Å². The van der Waals surface area contributed by atoms with E-state index < -0.39 is 0 Å². The largest absolute Gasteiger partial charge is 0.378 e. The van der Waals surface area contributed by atoms with E-state index in [2.05, 4.69) is 17.1 Å². The minimum atomic E-state index is 0.749. The van der Waals surface area contributed by atoms with Crippen molar-refractivity contribution in [3.63, 3.8) is 0 Å². The van der Waals surface area contributed by atoms with Crippen LogP contribution in [0.1, 0.15) is 10.6 Å². The van der Waals surface area contributed by atoms with Crippen LogP contribution >= 0.6 is 22.9 Å². The Labute approximate surface area is 133 Å². The highest BCUT2D eigenvalue weighted by atomic mass is 35.5. The molecule has 0 spiro atoms. The second-order valence-corrected chi connectivity index (χ2v) is 6.42. The summed E-state index contributed by atoms with van der Waals surface area (Å²) < 4.78 is 1.20. The number of para-hydroxylation sites is 1. The van der Waals surface area contributed by atoms with Crippen LogP contribution in [0.2, 0.25) is 5.02 Å². The van der Waals surface area contributed by atoms with E-state index >= 15 is 0 Å². The van der Waals surface area contributed by atoms with Gasteiger partial charge in [-0.3, -0.25) is 0 Å². The molecule has 0 bridgehead atoms. The maximum Gasteiger partial charge on any atom is 0.117 e. The first-order chi connectivity index (χ1) is 10.1. The smallest absolute Gasteiger partial charge is 0.117 e. The highest BCUT2D eigenvalue weighted by molar-refractivity contribution is 7.19. The summed E-state index contributed by atoms with van der Waals surface area (Å²) in [5.41, 5.74) is 3.13. The van der Waals surface area contributed by atoms with Crippen molar-refractivity contribution in [2.45, 2.75) is 0 Å². The van der Waals surface area contributed by atoms with E-state index in [0.717, 1.165) is 26.8 Å². The Balaban J connectivity index is 1.88. The van der Waals surface area contributed by atoms with Crippen molar-refractivity contribution in [1.29, 1.82) is 0 Å². The van der Waals surface area contributed by atoms with Gasteiger partial charge in [-0.15, -0.1) is 11.3 Å². The van der Waals surface area contributed by atoms with E-state index in [1.807, 2.05) is 61.5 Å².